The number of hydrogen-bond acceptors (Lipinski definition) is 3. The van der Waals surface area contributed by atoms with Gasteiger partial charge in [0.25, 0.3) is 0 Å². The van der Waals surface area contributed by atoms with Gasteiger partial charge in [-0.1, -0.05) is 212 Å². The van der Waals surface area contributed by atoms with Gasteiger partial charge in [-0.3, -0.25) is 0 Å². The molecular formula is C66H42N4. The molecular weight excluding hydrogens is 849 g/mol. The number of benzene rings is 11. The van der Waals surface area contributed by atoms with Gasteiger partial charge in [0.15, 0.2) is 17.5 Å². The third-order valence-corrected chi connectivity index (χ3v) is 14.5. The molecule has 4 nitrogen and oxygen atoms in total. The highest BCUT2D eigenvalue weighted by Gasteiger charge is 2.46. The topological polar surface area (TPSA) is 43.6 Å². The molecule has 14 rings (SSSR count). The van der Waals surface area contributed by atoms with E-state index in [9.17, 15) is 0 Å². The maximum Gasteiger partial charge on any atom is 0.164 e. The predicted octanol–water partition coefficient (Wildman–Crippen LogP) is 16.3. The van der Waals surface area contributed by atoms with Crippen LogP contribution in [0.2, 0.25) is 0 Å². The normalized spacial score (nSPS) is 12.7. The molecule has 2 aromatic heterocycles. The quantitative estimate of drug-likeness (QED) is 0.150. The molecule has 1 aliphatic carbocycles. The standard InChI is InChI=1S/C66H42N4/c1-4-20-43(21-5-1)63-67-64(45-36-37-55-54-30-14-17-33-59(54)66(60(55)42-45,48-23-6-2-7-24-48)49-25-8-3-9-26-49)69-65(68-63)47-38-46(58-41-44-22-10-11-27-51(44)52-28-12-13-29-53(52)58)39-50(40-47)70-61-34-18-15-31-56(61)57-32-16-19-35-62(57)70/h1-42H. The lowest BCUT2D eigenvalue weighted by Gasteiger charge is -2.34. The molecule has 0 bridgehead atoms. The first kappa shape index (κ1) is 39.9. The Hall–Kier alpha value is -9.25. The van der Waals surface area contributed by atoms with Crippen molar-refractivity contribution in [2.24, 2.45) is 0 Å². The van der Waals surface area contributed by atoms with Crippen molar-refractivity contribution in [1.82, 2.24) is 19.5 Å². The van der Waals surface area contributed by atoms with Crippen LogP contribution < -0.4 is 0 Å². The highest BCUT2D eigenvalue weighted by Crippen LogP contribution is 2.56. The van der Waals surface area contributed by atoms with Crippen molar-refractivity contribution < 1.29 is 0 Å². The number of hydrogen-bond donors (Lipinski definition) is 0. The Morgan fingerprint density at radius 2 is 0.786 bits per heavy atom. The molecule has 70 heavy (non-hydrogen) atoms. The molecule has 11 aromatic carbocycles. The van der Waals surface area contributed by atoms with Crippen LogP contribution in [0.25, 0.3) is 105 Å². The second-order valence-corrected chi connectivity index (χ2v) is 18.3. The number of aromatic nitrogens is 4. The van der Waals surface area contributed by atoms with Crippen LogP contribution in [-0.2, 0) is 5.41 Å². The lowest BCUT2D eigenvalue weighted by molar-refractivity contribution is 0.768. The maximum atomic E-state index is 5.53. The Morgan fingerprint density at radius 1 is 0.286 bits per heavy atom. The van der Waals surface area contributed by atoms with E-state index in [0.29, 0.717) is 17.5 Å². The fourth-order valence-electron chi connectivity index (χ4n) is 11.5. The summed E-state index contributed by atoms with van der Waals surface area (Å²) in [5.74, 6) is 1.82. The molecule has 0 unspecified atom stereocenters. The van der Waals surface area contributed by atoms with E-state index in [1.165, 1.54) is 65.7 Å². The molecule has 0 atom stereocenters. The highest BCUT2D eigenvalue weighted by molar-refractivity contribution is 6.14. The summed E-state index contributed by atoms with van der Waals surface area (Å²) in [4.78, 5) is 16.3. The summed E-state index contributed by atoms with van der Waals surface area (Å²) in [5.41, 5.74) is 15.0. The van der Waals surface area contributed by atoms with E-state index in [-0.39, 0.29) is 0 Å². The van der Waals surface area contributed by atoms with E-state index in [1.54, 1.807) is 0 Å². The van der Waals surface area contributed by atoms with E-state index >= 15 is 0 Å². The zero-order chi connectivity index (χ0) is 46.2. The largest absolute Gasteiger partial charge is 0.309 e. The molecule has 0 saturated carbocycles. The van der Waals surface area contributed by atoms with Crippen LogP contribution in [0.15, 0.2) is 255 Å². The second-order valence-electron chi connectivity index (χ2n) is 18.3. The zero-order valence-corrected chi connectivity index (χ0v) is 38.0. The molecule has 0 fully saturated rings. The molecule has 0 aliphatic heterocycles. The van der Waals surface area contributed by atoms with Gasteiger partial charge in [-0.05, 0) is 109 Å². The number of para-hydroxylation sites is 2. The van der Waals surface area contributed by atoms with Crippen molar-refractivity contribution in [1.29, 1.82) is 0 Å². The van der Waals surface area contributed by atoms with Gasteiger partial charge in [-0.2, -0.15) is 0 Å². The van der Waals surface area contributed by atoms with Gasteiger partial charge in [0, 0.05) is 33.2 Å². The fourth-order valence-corrected chi connectivity index (χ4v) is 11.5. The minimum atomic E-state index is -0.573. The Balaban J connectivity index is 1.04. The summed E-state index contributed by atoms with van der Waals surface area (Å²) in [5, 5.41) is 7.24. The predicted molar refractivity (Wildman–Crippen MR) is 288 cm³/mol. The minimum absolute atomic E-state index is 0.573. The van der Waals surface area contributed by atoms with Gasteiger partial charge in [-0.25, -0.2) is 15.0 Å². The molecule has 326 valence electrons. The summed E-state index contributed by atoms with van der Waals surface area (Å²) in [6.45, 7) is 0. The summed E-state index contributed by atoms with van der Waals surface area (Å²) in [7, 11) is 0. The molecule has 1 aliphatic rings. The van der Waals surface area contributed by atoms with Crippen molar-refractivity contribution >= 4 is 43.4 Å². The van der Waals surface area contributed by atoms with E-state index in [2.05, 4.69) is 241 Å². The van der Waals surface area contributed by atoms with E-state index in [1.807, 2.05) is 18.2 Å². The maximum absolute atomic E-state index is 5.53. The first-order valence-corrected chi connectivity index (χ1v) is 23.9. The molecule has 0 radical (unpaired) electrons. The lowest BCUT2D eigenvalue weighted by atomic mass is 9.67. The Bertz CT molecular complexity index is 4080. The summed E-state index contributed by atoms with van der Waals surface area (Å²) >= 11 is 0. The number of nitrogens with zero attached hydrogens (tertiary/aromatic N) is 4. The Morgan fingerprint density at radius 3 is 1.47 bits per heavy atom. The van der Waals surface area contributed by atoms with E-state index in [0.717, 1.165) is 44.5 Å². The van der Waals surface area contributed by atoms with Gasteiger partial charge in [0.05, 0.1) is 16.4 Å². The summed E-state index contributed by atoms with van der Waals surface area (Å²) in [6, 6.07) is 91.9. The average Bonchev–Trinajstić information content (AvgIpc) is 3.94. The third-order valence-electron chi connectivity index (χ3n) is 14.5. The molecule has 0 saturated heterocycles. The lowest BCUT2D eigenvalue weighted by Crippen LogP contribution is -2.28. The van der Waals surface area contributed by atoms with Crippen LogP contribution in [0.4, 0.5) is 0 Å². The van der Waals surface area contributed by atoms with Crippen molar-refractivity contribution in [3.8, 4) is 62.1 Å². The first-order chi connectivity index (χ1) is 34.7. The summed E-state index contributed by atoms with van der Waals surface area (Å²) < 4.78 is 2.39. The number of rotatable bonds is 7. The molecule has 0 N–H and O–H groups in total. The average molecular weight is 891 g/mol. The fraction of sp³-hybridized carbons (Fsp3) is 0.0152. The molecule has 0 spiro atoms. The third kappa shape index (κ3) is 6.13. The summed E-state index contributed by atoms with van der Waals surface area (Å²) in [6.07, 6.45) is 0. The smallest absolute Gasteiger partial charge is 0.164 e. The van der Waals surface area contributed by atoms with Gasteiger partial charge in [0.1, 0.15) is 0 Å². The van der Waals surface area contributed by atoms with Crippen LogP contribution in [0.1, 0.15) is 22.3 Å². The van der Waals surface area contributed by atoms with E-state index in [4.69, 9.17) is 15.0 Å². The van der Waals surface area contributed by atoms with E-state index < -0.39 is 5.41 Å². The van der Waals surface area contributed by atoms with Crippen LogP contribution in [0.5, 0.6) is 0 Å². The van der Waals surface area contributed by atoms with Crippen LogP contribution in [0, 0.1) is 0 Å². The molecule has 4 heteroatoms. The minimum Gasteiger partial charge on any atom is -0.309 e. The van der Waals surface area contributed by atoms with Crippen LogP contribution >= 0.6 is 0 Å². The Kier molecular flexibility index (Phi) is 9.08. The first-order valence-electron chi connectivity index (χ1n) is 23.9. The molecule has 2 heterocycles. The van der Waals surface area contributed by atoms with Crippen molar-refractivity contribution in [2.75, 3.05) is 0 Å². The van der Waals surface area contributed by atoms with Crippen molar-refractivity contribution in [2.45, 2.75) is 5.41 Å². The molecule has 0 amide bonds. The Labute approximate surface area is 405 Å². The highest BCUT2D eigenvalue weighted by atomic mass is 15.0. The van der Waals surface area contributed by atoms with Crippen LogP contribution in [-0.4, -0.2) is 19.5 Å². The second kappa shape index (κ2) is 15.9. The van der Waals surface area contributed by atoms with Crippen LogP contribution in [0.3, 0.4) is 0 Å². The van der Waals surface area contributed by atoms with Gasteiger partial charge >= 0.3 is 0 Å². The van der Waals surface area contributed by atoms with Gasteiger partial charge in [0.2, 0.25) is 0 Å². The van der Waals surface area contributed by atoms with Crippen molar-refractivity contribution in [3.63, 3.8) is 0 Å². The monoisotopic (exact) mass is 890 g/mol. The SMILES string of the molecule is c1ccc(-c2nc(-c3cc(-c4cc5ccccc5c5ccccc45)cc(-n4c5ccccc5c5ccccc54)c3)nc(-c3ccc4c(c3)C(c3ccccc3)(c3ccccc3)c3ccccc3-4)n2)cc1. The number of fused-ring (bicyclic) bond motifs is 9. The zero-order valence-electron chi connectivity index (χ0n) is 38.0. The van der Waals surface area contributed by atoms with Gasteiger partial charge < -0.3 is 4.57 Å². The van der Waals surface area contributed by atoms with Crippen molar-refractivity contribution in [3.05, 3.63) is 277 Å². The van der Waals surface area contributed by atoms with Gasteiger partial charge in [-0.15, -0.1) is 0 Å². The molecule has 13 aromatic rings.